The molecule has 1 aromatic carbocycles. The molecule has 5 nitrogen and oxygen atoms in total. The first-order valence-corrected chi connectivity index (χ1v) is 8.40. The Balaban J connectivity index is 0.00000338. The van der Waals surface area contributed by atoms with Crippen molar-refractivity contribution < 1.29 is 13.2 Å². The van der Waals surface area contributed by atoms with Crippen LogP contribution < -0.4 is 15.5 Å². The maximum atomic E-state index is 12.3. The van der Waals surface area contributed by atoms with Crippen LogP contribution >= 0.6 is 24.0 Å². The van der Waals surface area contributed by atoms with E-state index in [0.717, 1.165) is 19.5 Å². The van der Waals surface area contributed by atoms with E-state index in [-0.39, 0.29) is 30.0 Å². The molecule has 9 heteroatoms. The molecule has 1 unspecified atom stereocenters. The number of benzene rings is 1. The lowest BCUT2D eigenvalue weighted by atomic mass is 10.3. The van der Waals surface area contributed by atoms with E-state index in [1.807, 2.05) is 18.2 Å². The minimum Gasteiger partial charge on any atom is -0.369 e. The van der Waals surface area contributed by atoms with E-state index in [2.05, 4.69) is 32.7 Å². The lowest BCUT2D eigenvalue weighted by Gasteiger charge is -2.22. The molecular weight excluding hydrogens is 458 g/mol. The molecule has 0 amide bonds. The average Bonchev–Trinajstić information content (AvgIpc) is 3.01. The number of aliphatic imine (C=N–C) groups is 1. The highest BCUT2D eigenvalue weighted by atomic mass is 127. The third-order valence-electron chi connectivity index (χ3n) is 4.11. The Hall–Kier alpha value is -1.23. The van der Waals surface area contributed by atoms with Gasteiger partial charge in [-0.2, -0.15) is 13.2 Å². The number of guanidine groups is 1. The summed E-state index contributed by atoms with van der Waals surface area (Å²) in [6, 6.07) is 10.5. The molecule has 0 saturated carbocycles. The minimum atomic E-state index is -4.17. The molecule has 2 rings (SSSR count). The van der Waals surface area contributed by atoms with Gasteiger partial charge in [0.2, 0.25) is 0 Å². The van der Waals surface area contributed by atoms with Gasteiger partial charge in [0, 0.05) is 45.0 Å². The number of likely N-dealkylation sites (N-methyl/N-ethyl adjacent to an activating group) is 1. The zero-order valence-electron chi connectivity index (χ0n) is 15.1. The summed E-state index contributed by atoms with van der Waals surface area (Å²) in [4.78, 5) is 7.71. The van der Waals surface area contributed by atoms with Crippen LogP contribution in [0.4, 0.5) is 18.9 Å². The van der Waals surface area contributed by atoms with Crippen molar-refractivity contribution in [2.45, 2.75) is 18.6 Å². The Kier molecular flexibility index (Phi) is 9.48. The molecule has 2 N–H and O–H groups in total. The smallest absolute Gasteiger partial charge is 0.369 e. The molecule has 0 spiro atoms. The van der Waals surface area contributed by atoms with Gasteiger partial charge in [-0.1, -0.05) is 18.2 Å². The second-order valence-corrected chi connectivity index (χ2v) is 6.26. The van der Waals surface area contributed by atoms with E-state index in [0.29, 0.717) is 19.0 Å². The summed E-state index contributed by atoms with van der Waals surface area (Å²) in [5.74, 6) is 0.625. The highest BCUT2D eigenvalue weighted by molar-refractivity contribution is 14.0. The van der Waals surface area contributed by atoms with E-state index in [4.69, 9.17) is 0 Å². The first-order valence-electron chi connectivity index (χ1n) is 8.40. The Morgan fingerprint density at radius 1 is 1.31 bits per heavy atom. The largest absolute Gasteiger partial charge is 0.401 e. The number of hydrogen-bond donors (Lipinski definition) is 2. The third kappa shape index (κ3) is 7.98. The quantitative estimate of drug-likeness (QED) is 0.370. The average molecular weight is 485 g/mol. The van der Waals surface area contributed by atoms with Gasteiger partial charge in [0.25, 0.3) is 0 Å². The third-order valence-corrected chi connectivity index (χ3v) is 4.11. The molecular formula is C17H27F3IN5. The van der Waals surface area contributed by atoms with Crippen molar-refractivity contribution in [3.05, 3.63) is 30.3 Å². The zero-order valence-corrected chi connectivity index (χ0v) is 17.4. The fraction of sp³-hybridized carbons (Fsp3) is 0.588. The molecule has 1 fully saturated rings. The number of anilines is 1. The topological polar surface area (TPSA) is 42.9 Å². The summed E-state index contributed by atoms with van der Waals surface area (Å²) < 4.78 is 36.9. The molecule has 0 aromatic heterocycles. The van der Waals surface area contributed by atoms with Crippen LogP contribution in [0.5, 0.6) is 0 Å². The van der Waals surface area contributed by atoms with Gasteiger partial charge in [0.15, 0.2) is 5.96 Å². The van der Waals surface area contributed by atoms with Gasteiger partial charge in [0.05, 0.1) is 6.54 Å². The van der Waals surface area contributed by atoms with Crippen LogP contribution in [0.15, 0.2) is 35.3 Å². The minimum absolute atomic E-state index is 0. The van der Waals surface area contributed by atoms with Crippen molar-refractivity contribution in [2.75, 3.05) is 51.7 Å². The van der Waals surface area contributed by atoms with Crippen molar-refractivity contribution in [3.63, 3.8) is 0 Å². The van der Waals surface area contributed by atoms with Gasteiger partial charge in [-0.3, -0.25) is 9.89 Å². The molecule has 0 bridgehead atoms. The normalized spacial score (nSPS) is 18.0. The number of halogens is 4. The van der Waals surface area contributed by atoms with E-state index in [1.165, 1.54) is 17.6 Å². The predicted octanol–water partition coefficient (Wildman–Crippen LogP) is 2.54. The summed E-state index contributed by atoms with van der Waals surface area (Å²) in [5.41, 5.74) is 1.20. The van der Waals surface area contributed by atoms with Gasteiger partial charge >= 0.3 is 6.18 Å². The summed E-state index contributed by atoms with van der Waals surface area (Å²) in [6.07, 6.45) is -3.18. The van der Waals surface area contributed by atoms with Crippen molar-refractivity contribution in [1.29, 1.82) is 0 Å². The van der Waals surface area contributed by atoms with Crippen molar-refractivity contribution in [3.8, 4) is 0 Å². The van der Waals surface area contributed by atoms with E-state index in [9.17, 15) is 13.2 Å². The Morgan fingerprint density at radius 2 is 2.00 bits per heavy atom. The van der Waals surface area contributed by atoms with Crippen LogP contribution in [-0.2, 0) is 0 Å². The number of alkyl halides is 3. The molecule has 0 radical (unpaired) electrons. The number of nitrogens with zero attached hydrogens (tertiary/aromatic N) is 3. The molecule has 1 saturated heterocycles. The van der Waals surface area contributed by atoms with E-state index < -0.39 is 12.7 Å². The first kappa shape index (κ1) is 22.8. The first-order chi connectivity index (χ1) is 11.9. The second-order valence-electron chi connectivity index (χ2n) is 6.26. The van der Waals surface area contributed by atoms with Crippen LogP contribution in [0.25, 0.3) is 0 Å². The fourth-order valence-electron chi connectivity index (χ4n) is 2.89. The Bertz CT molecular complexity index is 553. The number of rotatable bonds is 6. The van der Waals surface area contributed by atoms with Gasteiger partial charge in [-0.15, -0.1) is 24.0 Å². The van der Waals surface area contributed by atoms with Crippen molar-refractivity contribution in [1.82, 2.24) is 15.5 Å². The molecule has 1 heterocycles. The second kappa shape index (κ2) is 10.8. The molecule has 1 aliphatic heterocycles. The summed E-state index contributed by atoms with van der Waals surface area (Å²) in [6.45, 7) is 1.63. The van der Waals surface area contributed by atoms with Gasteiger partial charge in [-0.05, 0) is 25.6 Å². The lowest BCUT2D eigenvalue weighted by molar-refractivity contribution is -0.142. The standard InChI is InChI=1S/C17H26F3N5.HI/c1-21-16(22-9-11-24(2)13-17(18,19)20)23-14-8-10-25(12-14)15-6-4-3-5-7-15;/h3-7,14H,8-13H2,1-2H3,(H2,21,22,23);1H. The van der Waals surface area contributed by atoms with E-state index >= 15 is 0 Å². The van der Waals surface area contributed by atoms with Crippen LogP contribution in [0, 0.1) is 0 Å². The van der Waals surface area contributed by atoms with Crippen molar-refractivity contribution >= 4 is 35.6 Å². The SMILES string of the molecule is CN=C(NCCN(C)CC(F)(F)F)NC1CCN(c2ccccc2)C1.I. The molecule has 1 aliphatic rings. The van der Waals surface area contributed by atoms with Crippen LogP contribution in [0.1, 0.15) is 6.42 Å². The van der Waals surface area contributed by atoms with Crippen LogP contribution in [0.2, 0.25) is 0 Å². The number of para-hydroxylation sites is 1. The highest BCUT2D eigenvalue weighted by Gasteiger charge is 2.29. The highest BCUT2D eigenvalue weighted by Crippen LogP contribution is 2.19. The summed E-state index contributed by atoms with van der Waals surface area (Å²) in [5, 5.41) is 6.42. The monoisotopic (exact) mass is 485 g/mol. The summed E-state index contributed by atoms with van der Waals surface area (Å²) in [7, 11) is 3.12. The maximum absolute atomic E-state index is 12.3. The van der Waals surface area contributed by atoms with Gasteiger partial charge < -0.3 is 15.5 Å². The number of hydrogen-bond acceptors (Lipinski definition) is 3. The molecule has 1 atom stereocenters. The maximum Gasteiger partial charge on any atom is 0.401 e. The van der Waals surface area contributed by atoms with Gasteiger partial charge in [-0.25, -0.2) is 0 Å². The molecule has 26 heavy (non-hydrogen) atoms. The zero-order chi connectivity index (χ0) is 18.3. The van der Waals surface area contributed by atoms with Crippen LogP contribution in [0.3, 0.4) is 0 Å². The summed E-state index contributed by atoms with van der Waals surface area (Å²) >= 11 is 0. The molecule has 1 aromatic rings. The molecule has 148 valence electrons. The van der Waals surface area contributed by atoms with Gasteiger partial charge in [0.1, 0.15) is 0 Å². The predicted molar refractivity (Wildman–Crippen MR) is 111 cm³/mol. The number of nitrogens with one attached hydrogen (secondary N) is 2. The molecule has 0 aliphatic carbocycles. The van der Waals surface area contributed by atoms with Crippen molar-refractivity contribution in [2.24, 2.45) is 4.99 Å². The lowest BCUT2D eigenvalue weighted by Crippen LogP contribution is -2.46. The fourth-order valence-corrected chi connectivity index (χ4v) is 2.89. The van der Waals surface area contributed by atoms with Crippen LogP contribution in [-0.4, -0.2) is 69.9 Å². The Morgan fingerprint density at radius 3 is 2.62 bits per heavy atom. The van der Waals surface area contributed by atoms with E-state index in [1.54, 1.807) is 7.05 Å². The Labute approximate surface area is 170 Å².